The zero-order valence-corrected chi connectivity index (χ0v) is 17.2. The van der Waals surface area contributed by atoms with E-state index < -0.39 is 21.5 Å². The molecule has 2 N–H and O–H groups in total. The van der Waals surface area contributed by atoms with Crippen molar-refractivity contribution in [2.75, 3.05) is 25.6 Å². The van der Waals surface area contributed by atoms with Crippen LogP contribution >= 0.6 is 0 Å². The molecule has 0 aliphatic carbocycles. The van der Waals surface area contributed by atoms with Crippen LogP contribution in [0.5, 0.6) is 5.88 Å². The molecule has 0 radical (unpaired) electrons. The van der Waals surface area contributed by atoms with Gasteiger partial charge in [-0.3, -0.25) is 4.79 Å². The summed E-state index contributed by atoms with van der Waals surface area (Å²) in [5.41, 5.74) is 0.116. The Kier molecular flexibility index (Phi) is 7.11. The van der Waals surface area contributed by atoms with Crippen LogP contribution < -0.4 is 14.8 Å². The maximum Gasteiger partial charge on any atom is 0.255 e. The molecule has 1 heterocycles. The number of hydrogen-bond acceptors (Lipinski definition) is 6. The van der Waals surface area contributed by atoms with Gasteiger partial charge in [0.25, 0.3) is 5.91 Å². The summed E-state index contributed by atoms with van der Waals surface area (Å²) >= 11 is 0. The third-order valence-corrected chi connectivity index (χ3v) is 5.19. The third-order valence-electron chi connectivity index (χ3n) is 3.41. The fraction of sp³-hybridized carbons (Fsp3) is 0.368. The molecule has 9 heteroatoms. The first-order valence-electron chi connectivity index (χ1n) is 8.64. The minimum absolute atomic E-state index is 0.0870. The summed E-state index contributed by atoms with van der Waals surface area (Å²) in [6.07, 6.45) is 1.56. The summed E-state index contributed by atoms with van der Waals surface area (Å²) in [5.74, 6) is -0.126. The molecule has 0 aliphatic rings. The van der Waals surface area contributed by atoms with Crippen LogP contribution in [0.4, 0.5) is 5.69 Å². The van der Waals surface area contributed by atoms with Crippen molar-refractivity contribution >= 4 is 21.6 Å². The molecule has 1 aromatic carbocycles. The highest BCUT2D eigenvalue weighted by Crippen LogP contribution is 2.22. The lowest BCUT2D eigenvalue weighted by Crippen LogP contribution is -2.40. The van der Waals surface area contributed by atoms with E-state index in [0.29, 0.717) is 24.5 Å². The quantitative estimate of drug-likeness (QED) is 0.651. The largest absolute Gasteiger partial charge is 0.474 e. The minimum atomic E-state index is -3.66. The van der Waals surface area contributed by atoms with Gasteiger partial charge in [0, 0.05) is 24.4 Å². The van der Waals surface area contributed by atoms with Gasteiger partial charge < -0.3 is 14.8 Å². The van der Waals surface area contributed by atoms with Crippen molar-refractivity contribution in [2.45, 2.75) is 31.2 Å². The molecular weight excluding hydrogens is 382 g/mol. The third kappa shape index (κ3) is 6.29. The lowest BCUT2D eigenvalue weighted by molar-refractivity contribution is 0.102. The van der Waals surface area contributed by atoms with Gasteiger partial charge in [0.05, 0.1) is 11.5 Å². The molecule has 0 atom stereocenters. The minimum Gasteiger partial charge on any atom is -0.474 e. The number of carbonyl (C=O) groups excluding carboxylic acids is 1. The lowest BCUT2D eigenvalue weighted by Gasteiger charge is -2.20. The molecule has 0 spiro atoms. The molecule has 0 aliphatic heterocycles. The van der Waals surface area contributed by atoms with Crippen molar-refractivity contribution in [3.8, 4) is 5.88 Å². The number of nitrogens with one attached hydrogen (secondary N) is 2. The van der Waals surface area contributed by atoms with Gasteiger partial charge in [0.2, 0.25) is 15.9 Å². The second-order valence-corrected chi connectivity index (χ2v) is 8.71. The Labute approximate surface area is 165 Å². The number of nitrogens with zero attached hydrogens (tertiary/aromatic N) is 1. The number of sulfonamides is 1. The number of aromatic nitrogens is 1. The predicted octanol–water partition coefficient (Wildman–Crippen LogP) is 2.44. The van der Waals surface area contributed by atoms with Gasteiger partial charge in [-0.1, -0.05) is 0 Å². The van der Waals surface area contributed by atoms with E-state index in [2.05, 4.69) is 15.0 Å². The summed E-state index contributed by atoms with van der Waals surface area (Å²) in [6.45, 7) is 5.96. The Hall–Kier alpha value is -2.49. The van der Waals surface area contributed by atoms with E-state index in [0.717, 1.165) is 0 Å². The van der Waals surface area contributed by atoms with Crippen molar-refractivity contribution in [3.05, 3.63) is 48.2 Å². The zero-order chi connectivity index (χ0) is 20.8. The van der Waals surface area contributed by atoms with E-state index >= 15 is 0 Å². The Morgan fingerprint density at radius 1 is 1.11 bits per heavy atom. The van der Waals surface area contributed by atoms with Crippen LogP contribution in [0.25, 0.3) is 0 Å². The molecule has 0 bridgehead atoms. The molecule has 0 unspecified atom stereocenters. The lowest BCUT2D eigenvalue weighted by atomic mass is 10.1. The van der Waals surface area contributed by atoms with E-state index in [1.54, 1.807) is 46.2 Å². The van der Waals surface area contributed by atoms with E-state index in [1.807, 2.05) is 0 Å². The molecule has 2 aromatic rings. The number of amides is 1. The number of carbonyl (C=O) groups is 1. The molecule has 0 saturated carbocycles. The molecule has 8 nitrogen and oxygen atoms in total. The number of benzene rings is 1. The van der Waals surface area contributed by atoms with E-state index in [4.69, 9.17) is 9.47 Å². The first kappa shape index (κ1) is 21.8. The summed E-state index contributed by atoms with van der Waals surface area (Å²) in [6, 6.07) is 9.03. The van der Waals surface area contributed by atoms with Crippen LogP contribution in [0.3, 0.4) is 0 Å². The molecule has 28 heavy (non-hydrogen) atoms. The first-order chi connectivity index (χ1) is 13.1. The second-order valence-electron chi connectivity index (χ2n) is 7.03. The van der Waals surface area contributed by atoms with Gasteiger partial charge in [-0.25, -0.2) is 18.1 Å². The molecular formula is C19H25N3O5S. The SMILES string of the molecule is COCCOc1ncccc1NC(=O)c1ccc(S(=O)(=O)NC(C)(C)C)cc1. The monoisotopic (exact) mass is 407 g/mol. The van der Waals surface area contributed by atoms with Gasteiger partial charge >= 0.3 is 0 Å². The summed E-state index contributed by atoms with van der Waals surface area (Å²) < 4.78 is 37.7. The van der Waals surface area contributed by atoms with Crippen LogP contribution in [-0.2, 0) is 14.8 Å². The highest BCUT2D eigenvalue weighted by Gasteiger charge is 2.22. The summed E-state index contributed by atoms with van der Waals surface area (Å²) in [7, 11) is -2.10. The Morgan fingerprint density at radius 3 is 2.39 bits per heavy atom. The maximum absolute atomic E-state index is 12.5. The van der Waals surface area contributed by atoms with Crippen molar-refractivity contribution in [3.63, 3.8) is 0 Å². The number of methoxy groups -OCH3 is 1. The normalized spacial score (nSPS) is 11.9. The van der Waals surface area contributed by atoms with Crippen molar-refractivity contribution in [2.24, 2.45) is 0 Å². The van der Waals surface area contributed by atoms with Gasteiger partial charge in [-0.2, -0.15) is 0 Å². The van der Waals surface area contributed by atoms with Crippen LogP contribution in [0.1, 0.15) is 31.1 Å². The van der Waals surface area contributed by atoms with E-state index in [1.165, 1.54) is 24.3 Å². The number of pyridine rings is 1. The predicted molar refractivity (Wildman–Crippen MR) is 106 cm³/mol. The average molecular weight is 407 g/mol. The van der Waals surface area contributed by atoms with Crippen molar-refractivity contribution < 1.29 is 22.7 Å². The molecule has 1 aromatic heterocycles. The number of rotatable bonds is 8. The standard InChI is InChI=1S/C19H25N3O5S/c1-19(2,3)22-28(24,25)15-9-7-14(8-10-15)17(23)21-16-6-5-11-20-18(16)27-13-12-26-4/h5-11,22H,12-13H2,1-4H3,(H,21,23). The molecule has 0 fully saturated rings. The molecule has 1 amide bonds. The van der Waals surface area contributed by atoms with Crippen molar-refractivity contribution in [1.82, 2.24) is 9.71 Å². The Morgan fingerprint density at radius 2 is 1.79 bits per heavy atom. The maximum atomic E-state index is 12.5. The van der Waals surface area contributed by atoms with Crippen LogP contribution in [0, 0.1) is 0 Å². The van der Waals surface area contributed by atoms with Crippen LogP contribution in [0.15, 0.2) is 47.5 Å². The Bertz CT molecular complexity index is 906. The summed E-state index contributed by atoms with van der Waals surface area (Å²) in [5, 5.41) is 2.72. The molecule has 2 rings (SSSR count). The molecule has 0 saturated heterocycles. The number of anilines is 1. The highest BCUT2D eigenvalue weighted by atomic mass is 32.2. The Balaban J connectivity index is 2.12. The van der Waals surface area contributed by atoms with Crippen LogP contribution in [-0.4, -0.2) is 45.2 Å². The topological polar surface area (TPSA) is 107 Å². The zero-order valence-electron chi connectivity index (χ0n) is 16.4. The smallest absolute Gasteiger partial charge is 0.255 e. The van der Waals surface area contributed by atoms with Gasteiger partial charge in [0.15, 0.2) is 0 Å². The van der Waals surface area contributed by atoms with Crippen molar-refractivity contribution in [1.29, 1.82) is 0 Å². The molecule has 152 valence electrons. The van der Waals surface area contributed by atoms with Gasteiger partial charge in [-0.15, -0.1) is 0 Å². The van der Waals surface area contributed by atoms with Gasteiger partial charge in [0.1, 0.15) is 12.3 Å². The van der Waals surface area contributed by atoms with E-state index in [9.17, 15) is 13.2 Å². The fourth-order valence-electron chi connectivity index (χ4n) is 2.26. The number of ether oxygens (including phenoxy) is 2. The second kappa shape index (κ2) is 9.13. The average Bonchev–Trinajstić information content (AvgIpc) is 2.61. The van der Waals surface area contributed by atoms with Crippen LogP contribution in [0.2, 0.25) is 0 Å². The first-order valence-corrected chi connectivity index (χ1v) is 10.1. The highest BCUT2D eigenvalue weighted by molar-refractivity contribution is 7.89. The van der Waals surface area contributed by atoms with E-state index in [-0.39, 0.29) is 10.8 Å². The fourth-order valence-corrected chi connectivity index (χ4v) is 3.68. The van der Waals surface area contributed by atoms with Gasteiger partial charge in [-0.05, 0) is 57.2 Å². The number of hydrogen-bond donors (Lipinski definition) is 2. The summed E-state index contributed by atoms with van der Waals surface area (Å²) in [4.78, 5) is 16.7.